The highest BCUT2D eigenvalue weighted by Gasteiger charge is 2.21. The highest BCUT2D eigenvalue weighted by molar-refractivity contribution is 5.91. The average molecular weight is 384 g/mol. The van der Waals surface area contributed by atoms with Gasteiger partial charge in [-0.05, 0) is 42.0 Å². The molecule has 2 aromatic rings. The van der Waals surface area contributed by atoms with Gasteiger partial charge in [-0.15, -0.1) is 0 Å². The van der Waals surface area contributed by atoms with Crippen LogP contribution in [0, 0.1) is 5.92 Å². The minimum Gasteiger partial charge on any atom is -0.493 e. The van der Waals surface area contributed by atoms with Gasteiger partial charge in [0.25, 0.3) is 5.91 Å². The van der Waals surface area contributed by atoms with Crippen LogP contribution >= 0.6 is 0 Å². The van der Waals surface area contributed by atoms with Gasteiger partial charge in [-0.3, -0.25) is 4.79 Å². The maximum absolute atomic E-state index is 12.2. The number of hydrogen-bond acceptors (Lipinski definition) is 6. The van der Waals surface area contributed by atoms with Crippen LogP contribution < -0.4 is 19.7 Å². The van der Waals surface area contributed by atoms with E-state index in [1.807, 2.05) is 12.1 Å². The molecular formula is C21H28N4O3. The number of methoxy groups -OCH3 is 2. The zero-order valence-corrected chi connectivity index (χ0v) is 17.0. The lowest BCUT2D eigenvalue weighted by molar-refractivity contribution is 0.0946. The second-order valence-corrected chi connectivity index (χ2v) is 7.35. The summed E-state index contributed by atoms with van der Waals surface area (Å²) in [7, 11) is 3.29. The minimum absolute atomic E-state index is 0.180. The van der Waals surface area contributed by atoms with E-state index in [9.17, 15) is 4.79 Å². The van der Waals surface area contributed by atoms with Crippen LogP contribution in [0.5, 0.6) is 11.5 Å². The largest absolute Gasteiger partial charge is 0.493 e. The number of ether oxygens (including phenoxy) is 2. The first-order chi connectivity index (χ1) is 13.5. The molecule has 7 nitrogen and oxygen atoms in total. The quantitative estimate of drug-likeness (QED) is 0.791. The summed E-state index contributed by atoms with van der Waals surface area (Å²) >= 11 is 0. The second kappa shape index (κ2) is 8.91. The molecule has 1 aromatic carbocycles. The van der Waals surface area contributed by atoms with E-state index in [1.54, 1.807) is 26.6 Å². The molecule has 0 saturated carbocycles. The van der Waals surface area contributed by atoms with Crippen molar-refractivity contribution >= 4 is 11.7 Å². The van der Waals surface area contributed by atoms with Crippen LogP contribution in [0.4, 0.5) is 5.82 Å². The molecule has 0 saturated heterocycles. The van der Waals surface area contributed by atoms with Crippen molar-refractivity contribution in [1.29, 1.82) is 0 Å². The number of nitrogens with one attached hydrogen (secondary N) is 1. The summed E-state index contributed by atoms with van der Waals surface area (Å²) in [4.78, 5) is 23.1. The lowest BCUT2D eigenvalue weighted by Crippen LogP contribution is -2.31. The number of rotatable bonds is 7. The highest BCUT2D eigenvalue weighted by Crippen LogP contribution is 2.34. The van der Waals surface area contributed by atoms with E-state index in [0.29, 0.717) is 24.7 Å². The summed E-state index contributed by atoms with van der Waals surface area (Å²) in [5.74, 6) is 2.61. The van der Waals surface area contributed by atoms with Crippen molar-refractivity contribution in [3.8, 4) is 11.5 Å². The van der Waals surface area contributed by atoms with Gasteiger partial charge in [-0.2, -0.15) is 0 Å². The maximum atomic E-state index is 12.2. The molecule has 0 spiro atoms. The van der Waals surface area contributed by atoms with Crippen molar-refractivity contribution in [1.82, 2.24) is 15.3 Å². The molecule has 28 heavy (non-hydrogen) atoms. The van der Waals surface area contributed by atoms with Crippen LogP contribution in [-0.2, 0) is 13.0 Å². The predicted octanol–water partition coefficient (Wildman–Crippen LogP) is 2.83. The summed E-state index contributed by atoms with van der Waals surface area (Å²) in [5, 5.41) is 2.88. The fourth-order valence-electron chi connectivity index (χ4n) is 3.25. The maximum Gasteiger partial charge on any atom is 0.271 e. The molecule has 150 valence electrons. The molecular weight excluding hydrogens is 356 g/mol. The SMILES string of the molecule is COc1cc2c(cc1OC)CN(c1cnc(C(=O)NCCC(C)C)cn1)CC2. The molecule has 1 aliphatic heterocycles. The number of carbonyl (C=O) groups is 1. The van der Waals surface area contributed by atoms with Crippen molar-refractivity contribution in [2.45, 2.75) is 33.2 Å². The van der Waals surface area contributed by atoms with Crippen molar-refractivity contribution in [3.63, 3.8) is 0 Å². The number of hydrogen-bond donors (Lipinski definition) is 1. The molecule has 0 fully saturated rings. The number of benzene rings is 1. The highest BCUT2D eigenvalue weighted by atomic mass is 16.5. The Morgan fingerprint density at radius 1 is 1.14 bits per heavy atom. The number of amides is 1. The summed E-state index contributed by atoms with van der Waals surface area (Å²) in [5.41, 5.74) is 2.78. The molecule has 7 heteroatoms. The summed E-state index contributed by atoms with van der Waals surface area (Å²) in [6, 6.07) is 4.06. The topological polar surface area (TPSA) is 76.6 Å². The Hall–Kier alpha value is -2.83. The van der Waals surface area contributed by atoms with E-state index in [0.717, 1.165) is 36.7 Å². The first-order valence-electron chi connectivity index (χ1n) is 9.60. The van der Waals surface area contributed by atoms with Crippen molar-refractivity contribution in [3.05, 3.63) is 41.3 Å². The monoisotopic (exact) mass is 384 g/mol. The van der Waals surface area contributed by atoms with Crippen LogP contribution in [0.3, 0.4) is 0 Å². The standard InChI is InChI=1S/C21H28N4O3/c1-14(2)5-7-22-21(26)17-11-24-20(12-23-17)25-8-6-15-9-18(27-3)19(28-4)10-16(15)13-25/h9-12,14H,5-8,13H2,1-4H3,(H,22,26). The molecule has 1 amide bonds. The Labute approximate surface area is 166 Å². The van der Waals surface area contributed by atoms with Crippen LogP contribution in [-0.4, -0.2) is 43.2 Å². The Bertz CT molecular complexity index is 821. The van der Waals surface area contributed by atoms with Crippen molar-refractivity contribution in [2.75, 3.05) is 32.2 Å². The molecule has 1 aliphatic rings. The number of aromatic nitrogens is 2. The first kappa shape index (κ1) is 19.9. The Kier molecular flexibility index (Phi) is 6.34. The van der Waals surface area contributed by atoms with E-state index in [1.165, 1.54) is 11.1 Å². The van der Waals surface area contributed by atoms with E-state index in [-0.39, 0.29) is 5.91 Å². The first-order valence-corrected chi connectivity index (χ1v) is 9.60. The summed E-state index contributed by atoms with van der Waals surface area (Å²) in [6.45, 7) is 6.45. The third-order valence-corrected chi connectivity index (χ3v) is 4.92. The third kappa shape index (κ3) is 4.52. The molecule has 1 N–H and O–H groups in total. The predicted molar refractivity (Wildman–Crippen MR) is 108 cm³/mol. The fraction of sp³-hybridized carbons (Fsp3) is 0.476. The smallest absolute Gasteiger partial charge is 0.271 e. The third-order valence-electron chi connectivity index (χ3n) is 4.92. The number of anilines is 1. The van der Waals surface area contributed by atoms with Crippen LogP contribution in [0.15, 0.2) is 24.5 Å². The number of nitrogens with zero attached hydrogens (tertiary/aromatic N) is 3. The van der Waals surface area contributed by atoms with E-state index in [4.69, 9.17) is 9.47 Å². The zero-order valence-electron chi connectivity index (χ0n) is 17.0. The lowest BCUT2D eigenvalue weighted by atomic mass is 9.99. The second-order valence-electron chi connectivity index (χ2n) is 7.35. The van der Waals surface area contributed by atoms with Crippen LogP contribution in [0.1, 0.15) is 41.9 Å². The Morgan fingerprint density at radius 3 is 2.46 bits per heavy atom. The Morgan fingerprint density at radius 2 is 1.86 bits per heavy atom. The van der Waals surface area contributed by atoms with E-state index < -0.39 is 0 Å². The summed E-state index contributed by atoms with van der Waals surface area (Å²) < 4.78 is 10.8. The van der Waals surface area contributed by atoms with Gasteiger partial charge in [0.15, 0.2) is 11.5 Å². The van der Waals surface area contributed by atoms with Crippen molar-refractivity contribution in [2.24, 2.45) is 5.92 Å². The number of carbonyl (C=O) groups excluding carboxylic acids is 1. The molecule has 3 rings (SSSR count). The average Bonchev–Trinajstić information content (AvgIpc) is 2.72. The molecule has 2 heterocycles. The van der Waals surface area contributed by atoms with Gasteiger partial charge in [0.2, 0.25) is 0 Å². The van der Waals surface area contributed by atoms with Gasteiger partial charge in [0.05, 0.1) is 26.6 Å². The van der Waals surface area contributed by atoms with E-state index >= 15 is 0 Å². The van der Waals surface area contributed by atoms with Crippen molar-refractivity contribution < 1.29 is 14.3 Å². The molecule has 0 atom stereocenters. The van der Waals surface area contributed by atoms with Gasteiger partial charge >= 0.3 is 0 Å². The van der Waals surface area contributed by atoms with Gasteiger partial charge in [-0.1, -0.05) is 13.8 Å². The molecule has 0 aliphatic carbocycles. The molecule has 1 aromatic heterocycles. The van der Waals surface area contributed by atoms with Crippen LogP contribution in [0.25, 0.3) is 0 Å². The molecule has 0 bridgehead atoms. The van der Waals surface area contributed by atoms with E-state index in [2.05, 4.69) is 34.0 Å². The summed E-state index contributed by atoms with van der Waals surface area (Å²) in [6.07, 6.45) is 5.04. The lowest BCUT2D eigenvalue weighted by Gasteiger charge is -2.30. The normalized spacial score (nSPS) is 13.2. The molecule has 0 radical (unpaired) electrons. The van der Waals surface area contributed by atoms with Gasteiger partial charge in [0.1, 0.15) is 11.5 Å². The Balaban J connectivity index is 1.68. The minimum atomic E-state index is -0.180. The van der Waals surface area contributed by atoms with Crippen LogP contribution in [0.2, 0.25) is 0 Å². The fourth-order valence-corrected chi connectivity index (χ4v) is 3.25. The zero-order chi connectivity index (χ0) is 20.1. The molecule has 0 unspecified atom stereocenters. The van der Waals surface area contributed by atoms with Gasteiger partial charge in [0, 0.05) is 19.6 Å². The van der Waals surface area contributed by atoms with Gasteiger partial charge in [-0.25, -0.2) is 9.97 Å². The number of fused-ring (bicyclic) bond motifs is 1. The van der Waals surface area contributed by atoms with Gasteiger partial charge < -0.3 is 19.7 Å².